The molecule has 3 nitrogen and oxygen atoms in total. The highest BCUT2D eigenvalue weighted by atomic mass is 79.9. The monoisotopic (exact) mass is 259 g/mol. The average Bonchev–Trinajstić information content (AvgIpc) is 2.15. The van der Waals surface area contributed by atoms with Crippen LogP contribution in [0.15, 0.2) is 16.6 Å². The van der Waals surface area contributed by atoms with Gasteiger partial charge in [-0.2, -0.15) is 0 Å². The molecule has 0 heterocycles. The first-order chi connectivity index (χ1) is 6.60. The summed E-state index contributed by atoms with van der Waals surface area (Å²) in [6.45, 7) is 1.91. The average molecular weight is 260 g/mol. The van der Waals surface area contributed by atoms with E-state index in [1.807, 2.05) is 19.1 Å². The molecule has 0 amide bonds. The third-order valence-corrected chi connectivity index (χ3v) is 2.63. The van der Waals surface area contributed by atoms with E-state index in [0.717, 1.165) is 21.5 Å². The van der Waals surface area contributed by atoms with Gasteiger partial charge in [0.2, 0.25) is 0 Å². The number of ether oxygens (including phenoxy) is 2. The summed E-state index contributed by atoms with van der Waals surface area (Å²) in [5.74, 6) is 1.49. The molecule has 1 aromatic rings. The van der Waals surface area contributed by atoms with Crippen molar-refractivity contribution in [3.8, 4) is 11.5 Å². The van der Waals surface area contributed by atoms with Crippen LogP contribution in [-0.2, 0) is 0 Å². The smallest absolute Gasteiger partial charge is 0.128 e. The molecule has 78 valence electrons. The van der Waals surface area contributed by atoms with Crippen molar-refractivity contribution in [2.24, 2.45) is 5.73 Å². The Bertz CT molecular complexity index is 326. The maximum absolute atomic E-state index is 5.83. The van der Waals surface area contributed by atoms with Gasteiger partial charge in [-0.05, 0) is 13.0 Å². The predicted octanol–water partition coefficient (Wildman–Crippen LogP) is 2.49. The highest BCUT2D eigenvalue weighted by Gasteiger charge is 2.13. The van der Waals surface area contributed by atoms with Gasteiger partial charge in [0.15, 0.2) is 0 Å². The summed E-state index contributed by atoms with van der Waals surface area (Å²) >= 11 is 3.44. The summed E-state index contributed by atoms with van der Waals surface area (Å²) in [6, 6.07) is 3.62. The molecule has 0 fully saturated rings. The summed E-state index contributed by atoms with van der Waals surface area (Å²) in [5.41, 5.74) is 6.78. The van der Waals surface area contributed by atoms with Crippen molar-refractivity contribution in [2.75, 3.05) is 14.2 Å². The Morgan fingerprint density at radius 3 is 2.36 bits per heavy atom. The molecule has 2 N–H and O–H groups in total. The minimum absolute atomic E-state index is 0.0785. The summed E-state index contributed by atoms with van der Waals surface area (Å²) in [4.78, 5) is 0. The Kier molecular flexibility index (Phi) is 3.77. The minimum atomic E-state index is -0.0785. The molecule has 0 aliphatic rings. The van der Waals surface area contributed by atoms with E-state index in [-0.39, 0.29) is 6.04 Å². The van der Waals surface area contributed by atoms with Gasteiger partial charge in [0, 0.05) is 22.1 Å². The van der Waals surface area contributed by atoms with E-state index in [0.29, 0.717) is 0 Å². The Hall–Kier alpha value is -0.740. The zero-order valence-corrected chi connectivity index (χ0v) is 10.1. The number of rotatable bonds is 3. The van der Waals surface area contributed by atoms with E-state index in [2.05, 4.69) is 15.9 Å². The zero-order valence-electron chi connectivity index (χ0n) is 8.50. The van der Waals surface area contributed by atoms with Gasteiger partial charge < -0.3 is 15.2 Å². The zero-order chi connectivity index (χ0) is 10.7. The summed E-state index contributed by atoms with van der Waals surface area (Å²) in [6.07, 6.45) is 0. The molecular weight excluding hydrogens is 246 g/mol. The molecule has 0 bridgehead atoms. The van der Waals surface area contributed by atoms with Gasteiger partial charge in [0.25, 0.3) is 0 Å². The van der Waals surface area contributed by atoms with Crippen molar-refractivity contribution in [1.82, 2.24) is 0 Å². The van der Waals surface area contributed by atoms with Crippen molar-refractivity contribution in [2.45, 2.75) is 13.0 Å². The van der Waals surface area contributed by atoms with Crippen LogP contribution in [0, 0.1) is 0 Å². The molecule has 4 heteroatoms. The minimum Gasteiger partial charge on any atom is -0.497 e. The normalized spacial score (nSPS) is 12.4. The Balaban J connectivity index is 3.27. The summed E-state index contributed by atoms with van der Waals surface area (Å²) < 4.78 is 11.3. The van der Waals surface area contributed by atoms with Crippen LogP contribution in [0.25, 0.3) is 0 Å². The largest absolute Gasteiger partial charge is 0.497 e. The molecule has 0 radical (unpaired) electrons. The van der Waals surface area contributed by atoms with Crippen LogP contribution in [0.1, 0.15) is 18.5 Å². The topological polar surface area (TPSA) is 44.5 Å². The fourth-order valence-corrected chi connectivity index (χ4v) is 2.08. The van der Waals surface area contributed by atoms with Crippen LogP contribution in [0.4, 0.5) is 0 Å². The summed E-state index contributed by atoms with van der Waals surface area (Å²) in [7, 11) is 3.24. The van der Waals surface area contributed by atoms with Crippen LogP contribution < -0.4 is 15.2 Å². The Morgan fingerprint density at radius 2 is 1.93 bits per heavy atom. The summed E-state index contributed by atoms with van der Waals surface area (Å²) in [5, 5.41) is 0. The van der Waals surface area contributed by atoms with E-state index >= 15 is 0 Å². The van der Waals surface area contributed by atoms with E-state index < -0.39 is 0 Å². The van der Waals surface area contributed by atoms with E-state index in [4.69, 9.17) is 15.2 Å². The maximum Gasteiger partial charge on any atom is 0.128 e. The lowest BCUT2D eigenvalue weighted by Crippen LogP contribution is -2.08. The lowest BCUT2D eigenvalue weighted by atomic mass is 10.1. The molecular formula is C10H14BrNO2. The van der Waals surface area contributed by atoms with Crippen LogP contribution in [-0.4, -0.2) is 14.2 Å². The first kappa shape index (κ1) is 11.3. The highest BCUT2D eigenvalue weighted by molar-refractivity contribution is 9.10. The van der Waals surface area contributed by atoms with Crippen molar-refractivity contribution >= 4 is 15.9 Å². The quantitative estimate of drug-likeness (QED) is 0.908. The molecule has 1 aromatic carbocycles. The Labute approximate surface area is 92.3 Å². The number of hydrogen-bond acceptors (Lipinski definition) is 3. The molecule has 0 saturated heterocycles. The maximum atomic E-state index is 5.83. The van der Waals surface area contributed by atoms with Gasteiger partial charge in [-0.1, -0.05) is 15.9 Å². The third kappa shape index (κ3) is 2.19. The van der Waals surface area contributed by atoms with Gasteiger partial charge in [0.1, 0.15) is 11.5 Å². The molecule has 0 saturated carbocycles. The van der Waals surface area contributed by atoms with Crippen molar-refractivity contribution in [3.63, 3.8) is 0 Å². The SMILES string of the molecule is COc1cc(Br)c([C@@H](C)N)c(OC)c1. The fraction of sp³-hybridized carbons (Fsp3) is 0.400. The first-order valence-electron chi connectivity index (χ1n) is 4.27. The first-order valence-corrected chi connectivity index (χ1v) is 5.06. The van der Waals surface area contributed by atoms with Crippen LogP contribution >= 0.6 is 15.9 Å². The molecule has 0 spiro atoms. The van der Waals surface area contributed by atoms with Crippen LogP contribution in [0.5, 0.6) is 11.5 Å². The molecule has 1 atom stereocenters. The van der Waals surface area contributed by atoms with Gasteiger partial charge in [-0.3, -0.25) is 0 Å². The highest BCUT2D eigenvalue weighted by Crippen LogP contribution is 2.35. The number of nitrogens with two attached hydrogens (primary N) is 1. The predicted molar refractivity (Wildman–Crippen MR) is 59.8 cm³/mol. The second kappa shape index (κ2) is 4.66. The second-order valence-corrected chi connectivity index (χ2v) is 3.87. The third-order valence-electron chi connectivity index (χ3n) is 1.98. The molecule has 0 aliphatic heterocycles. The number of halogens is 1. The van der Waals surface area contributed by atoms with E-state index in [1.54, 1.807) is 14.2 Å². The molecule has 0 unspecified atom stereocenters. The van der Waals surface area contributed by atoms with Gasteiger partial charge in [-0.25, -0.2) is 0 Å². The fourth-order valence-electron chi connectivity index (χ4n) is 1.30. The molecule has 14 heavy (non-hydrogen) atoms. The number of hydrogen-bond donors (Lipinski definition) is 1. The number of benzene rings is 1. The lowest BCUT2D eigenvalue weighted by Gasteiger charge is -2.15. The van der Waals surface area contributed by atoms with Crippen LogP contribution in [0.3, 0.4) is 0 Å². The van der Waals surface area contributed by atoms with Crippen molar-refractivity contribution < 1.29 is 9.47 Å². The number of methoxy groups -OCH3 is 2. The van der Waals surface area contributed by atoms with Crippen molar-refractivity contribution in [3.05, 3.63) is 22.2 Å². The lowest BCUT2D eigenvalue weighted by molar-refractivity contribution is 0.388. The van der Waals surface area contributed by atoms with Gasteiger partial charge in [0.05, 0.1) is 14.2 Å². The van der Waals surface area contributed by atoms with Gasteiger partial charge in [-0.15, -0.1) is 0 Å². The van der Waals surface area contributed by atoms with E-state index in [9.17, 15) is 0 Å². The van der Waals surface area contributed by atoms with E-state index in [1.165, 1.54) is 0 Å². The van der Waals surface area contributed by atoms with Gasteiger partial charge >= 0.3 is 0 Å². The second-order valence-electron chi connectivity index (χ2n) is 3.01. The standard InChI is InChI=1S/C10H14BrNO2/c1-6(12)10-8(11)4-7(13-2)5-9(10)14-3/h4-6H,12H2,1-3H3/t6-/m1/s1. The molecule has 1 rings (SSSR count). The van der Waals surface area contributed by atoms with Crippen molar-refractivity contribution in [1.29, 1.82) is 0 Å². The van der Waals surface area contributed by atoms with Crippen LogP contribution in [0.2, 0.25) is 0 Å². The molecule has 0 aliphatic carbocycles. The molecule has 0 aromatic heterocycles. The Morgan fingerprint density at radius 1 is 1.29 bits per heavy atom.